The smallest absolute Gasteiger partial charge is 0.0111 e. The van der Waals surface area contributed by atoms with Crippen LogP contribution in [0.5, 0.6) is 0 Å². The lowest BCUT2D eigenvalue weighted by molar-refractivity contribution is 0.165. The zero-order valence-electron chi connectivity index (χ0n) is 8.38. The molecule has 2 fully saturated rings. The van der Waals surface area contributed by atoms with Crippen LogP contribution < -0.4 is 5.32 Å². The standard InChI is InChI=1S/C10H20N2/c1-7(2)12-5-8-4-10(11-3)9(8)6-12/h7-11H,4-6H2,1-3H3. The van der Waals surface area contributed by atoms with E-state index in [1.54, 1.807) is 0 Å². The van der Waals surface area contributed by atoms with Gasteiger partial charge in [-0.15, -0.1) is 0 Å². The van der Waals surface area contributed by atoms with Gasteiger partial charge in [0.25, 0.3) is 0 Å². The monoisotopic (exact) mass is 168 g/mol. The van der Waals surface area contributed by atoms with Gasteiger partial charge in [0.2, 0.25) is 0 Å². The van der Waals surface area contributed by atoms with Crippen LogP contribution in [0, 0.1) is 11.8 Å². The lowest BCUT2D eigenvalue weighted by atomic mass is 9.72. The summed E-state index contributed by atoms with van der Waals surface area (Å²) in [5, 5.41) is 3.41. The first-order chi connectivity index (χ1) is 5.72. The Morgan fingerprint density at radius 1 is 1.33 bits per heavy atom. The third-order valence-electron chi connectivity index (χ3n) is 3.69. The van der Waals surface area contributed by atoms with E-state index in [1.165, 1.54) is 19.5 Å². The Bertz CT molecular complexity index is 167. The number of fused-ring (bicyclic) bond motifs is 1. The van der Waals surface area contributed by atoms with Gasteiger partial charge in [-0.2, -0.15) is 0 Å². The predicted molar refractivity (Wildman–Crippen MR) is 51.2 cm³/mol. The summed E-state index contributed by atoms with van der Waals surface area (Å²) in [4.78, 5) is 2.62. The minimum absolute atomic E-state index is 0.744. The molecule has 3 atom stereocenters. The molecule has 2 aliphatic rings. The van der Waals surface area contributed by atoms with Gasteiger partial charge in [0, 0.05) is 25.2 Å². The van der Waals surface area contributed by atoms with Crippen LogP contribution in [0.3, 0.4) is 0 Å². The summed E-state index contributed by atoms with van der Waals surface area (Å²) in [6.45, 7) is 7.28. The van der Waals surface area contributed by atoms with Crippen molar-refractivity contribution in [1.82, 2.24) is 10.2 Å². The molecular weight excluding hydrogens is 148 g/mol. The maximum absolute atomic E-state index is 3.41. The molecule has 0 radical (unpaired) electrons. The summed E-state index contributed by atoms with van der Waals surface area (Å²) >= 11 is 0. The molecule has 1 aliphatic carbocycles. The van der Waals surface area contributed by atoms with E-state index in [1.807, 2.05) is 0 Å². The highest BCUT2D eigenvalue weighted by Gasteiger charge is 2.46. The minimum atomic E-state index is 0.744. The number of hydrogen-bond acceptors (Lipinski definition) is 2. The Kier molecular flexibility index (Phi) is 2.13. The molecule has 0 bridgehead atoms. The average molecular weight is 168 g/mol. The van der Waals surface area contributed by atoms with E-state index in [2.05, 4.69) is 31.1 Å². The van der Waals surface area contributed by atoms with Crippen molar-refractivity contribution in [3.63, 3.8) is 0 Å². The molecule has 1 aliphatic heterocycles. The maximum atomic E-state index is 3.41. The van der Waals surface area contributed by atoms with Gasteiger partial charge in [-0.1, -0.05) is 0 Å². The van der Waals surface area contributed by atoms with Gasteiger partial charge < -0.3 is 10.2 Å². The summed E-state index contributed by atoms with van der Waals surface area (Å²) in [7, 11) is 2.10. The molecule has 0 aromatic carbocycles. The Balaban J connectivity index is 1.90. The molecule has 1 saturated heterocycles. The highest BCUT2D eigenvalue weighted by molar-refractivity contribution is 5.01. The van der Waals surface area contributed by atoms with E-state index >= 15 is 0 Å². The molecule has 2 heteroatoms. The summed E-state index contributed by atoms with van der Waals surface area (Å²) in [6.07, 6.45) is 1.41. The third kappa shape index (κ3) is 1.17. The SMILES string of the molecule is CNC1CC2CN(C(C)C)CC21. The molecule has 1 heterocycles. The second-order valence-corrected chi connectivity index (χ2v) is 4.60. The van der Waals surface area contributed by atoms with Crippen molar-refractivity contribution < 1.29 is 0 Å². The van der Waals surface area contributed by atoms with Crippen LogP contribution in [0.4, 0.5) is 0 Å². The van der Waals surface area contributed by atoms with E-state index in [9.17, 15) is 0 Å². The second kappa shape index (κ2) is 3.00. The zero-order valence-corrected chi connectivity index (χ0v) is 8.38. The molecule has 2 rings (SSSR count). The van der Waals surface area contributed by atoms with E-state index in [0.717, 1.165) is 23.9 Å². The second-order valence-electron chi connectivity index (χ2n) is 4.60. The first kappa shape index (κ1) is 8.52. The molecule has 1 N–H and O–H groups in total. The van der Waals surface area contributed by atoms with E-state index < -0.39 is 0 Å². The van der Waals surface area contributed by atoms with E-state index in [4.69, 9.17) is 0 Å². The van der Waals surface area contributed by atoms with Gasteiger partial charge in [0.05, 0.1) is 0 Å². The molecule has 70 valence electrons. The summed E-state index contributed by atoms with van der Waals surface area (Å²) in [5.74, 6) is 1.96. The Labute approximate surface area is 75.3 Å². The molecule has 1 saturated carbocycles. The predicted octanol–water partition coefficient (Wildman–Crippen LogP) is 0.934. The van der Waals surface area contributed by atoms with Gasteiger partial charge in [0.15, 0.2) is 0 Å². The molecule has 0 amide bonds. The van der Waals surface area contributed by atoms with Crippen LogP contribution in [-0.2, 0) is 0 Å². The van der Waals surface area contributed by atoms with Crippen molar-refractivity contribution in [2.45, 2.75) is 32.4 Å². The molecule has 2 nitrogen and oxygen atoms in total. The lowest BCUT2D eigenvalue weighted by Gasteiger charge is -2.39. The average Bonchev–Trinajstić information content (AvgIpc) is 2.30. The van der Waals surface area contributed by atoms with Gasteiger partial charge in [-0.05, 0) is 39.2 Å². The van der Waals surface area contributed by atoms with Crippen LogP contribution in [-0.4, -0.2) is 37.1 Å². The van der Waals surface area contributed by atoms with Crippen molar-refractivity contribution >= 4 is 0 Å². The number of hydrogen-bond donors (Lipinski definition) is 1. The van der Waals surface area contributed by atoms with Crippen molar-refractivity contribution in [3.8, 4) is 0 Å². The van der Waals surface area contributed by atoms with Crippen molar-refractivity contribution in [1.29, 1.82) is 0 Å². The van der Waals surface area contributed by atoms with Crippen LogP contribution >= 0.6 is 0 Å². The number of likely N-dealkylation sites (tertiary alicyclic amines) is 1. The summed E-state index contributed by atoms with van der Waals surface area (Å²) in [5.41, 5.74) is 0. The Morgan fingerprint density at radius 2 is 2.08 bits per heavy atom. The molecular formula is C10H20N2. The first-order valence-corrected chi connectivity index (χ1v) is 5.13. The summed E-state index contributed by atoms with van der Waals surface area (Å²) in [6, 6.07) is 1.56. The van der Waals surface area contributed by atoms with Gasteiger partial charge in [0.1, 0.15) is 0 Å². The highest BCUT2D eigenvalue weighted by Crippen LogP contribution is 2.41. The number of nitrogens with one attached hydrogen (secondary N) is 1. The van der Waals surface area contributed by atoms with E-state index in [0.29, 0.717) is 0 Å². The summed E-state index contributed by atoms with van der Waals surface area (Å²) < 4.78 is 0. The van der Waals surface area contributed by atoms with Crippen LogP contribution in [0.2, 0.25) is 0 Å². The van der Waals surface area contributed by atoms with Crippen molar-refractivity contribution in [3.05, 3.63) is 0 Å². The van der Waals surface area contributed by atoms with Crippen molar-refractivity contribution in [2.75, 3.05) is 20.1 Å². The normalized spacial score (nSPS) is 41.5. The number of nitrogens with zero attached hydrogens (tertiary/aromatic N) is 1. The van der Waals surface area contributed by atoms with Gasteiger partial charge in [-0.3, -0.25) is 0 Å². The minimum Gasteiger partial charge on any atom is -0.317 e. The molecule has 0 aromatic rings. The van der Waals surface area contributed by atoms with Crippen LogP contribution in [0.1, 0.15) is 20.3 Å². The third-order valence-corrected chi connectivity index (χ3v) is 3.69. The topological polar surface area (TPSA) is 15.3 Å². The fraction of sp³-hybridized carbons (Fsp3) is 1.00. The Morgan fingerprint density at radius 3 is 2.67 bits per heavy atom. The zero-order chi connectivity index (χ0) is 8.72. The van der Waals surface area contributed by atoms with Gasteiger partial charge >= 0.3 is 0 Å². The largest absolute Gasteiger partial charge is 0.317 e. The quantitative estimate of drug-likeness (QED) is 0.660. The molecule has 3 unspecified atom stereocenters. The fourth-order valence-electron chi connectivity index (χ4n) is 2.69. The van der Waals surface area contributed by atoms with Crippen LogP contribution in [0.15, 0.2) is 0 Å². The van der Waals surface area contributed by atoms with Crippen molar-refractivity contribution in [2.24, 2.45) is 11.8 Å². The van der Waals surface area contributed by atoms with Crippen LogP contribution in [0.25, 0.3) is 0 Å². The van der Waals surface area contributed by atoms with Gasteiger partial charge in [-0.25, -0.2) is 0 Å². The number of rotatable bonds is 2. The lowest BCUT2D eigenvalue weighted by Crippen LogP contribution is -2.48. The fourth-order valence-corrected chi connectivity index (χ4v) is 2.69. The molecule has 0 spiro atoms. The molecule has 0 aromatic heterocycles. The first-order valence-electron chi connectivity index (χ1n) is 5.13. The maximum Gasteiger partial charge on any atom is 0.0111 e. The van der Waals surface area contributed by atoms with E-state index in [-0.39, 0.29) is 0 Å². The highest BCUT2D eigenvalue weighted by atomic mass is 15.2. The Hall–Kier alpha value is -0.0800. The molecule has 12 heavy (non-hydrogen) atoms.